The van der Waals surface area contributed by atoms with Gasteiger partial charge in [-0.2, -0.15) is 0 Å². The fourth-order valence-electron chi connectivity index (χ4n) is 3.40. The van der Waals surface area contributed by atoms with Crippen LogP contribution < -0.4 is 0 Å². The molecule has 1 fully saturated rings. The minimum Gasteiger partial charge on any atom is -0.334 e. The molecule has 0 aliphatic heterocycles. The second-order valence-corrected chi connectivity index (χ2v) is 6.77. The molecule has 2 heterocycles. The van der Waals surface area contributed by atoms with Crippen LogP contribution in [0.3, 0.4) is 0 Å². The van der Waals surface area contributed by atoms with Gasteiger partial charge >= 0.3 is 0 Å². The first kappa shape index (κ1) is 16.5. The van der Waals surface area contributed by atoms with Crippen LogP contribution in [0.5, 0.6) is 0 Å². The Morgan fingerprint density at radius 2 is 1.65 bits per heavy atom. The van der Waals surface area contributed by atoms with Crippen molar-refractivity contribution in [3.05, 3.63) is 96.1 Å². The number of nitrogens with zero attached hydrogens (tertiary/aromatic N) is 3. The normalized spacial score (nSPS) is 18.3. The highest BCUT2D eigenvalue weighted by atomic mass is 16.2. The van der Waals surface area contributed by atoms with Gasteiger partial charge < -0.3 is 4.90 Å². The molecule has 4 heteroatoms. The molecule has 0 radical (unpaired) electrons. The summed E-state index contributed by atoms with van der Waals surface area (Å²) in [5, 5.41) is 0. The van der Waals surface area contributed by atoms with Crippen molar-refractivity contribution in [2.24, 2.45) is 5.92 Å². The van der Waals surface area contributed by atoms with Gasteiger partial charge in [-0.05, 0) is 47.2 Å². The van der Waals surface area contributed by atoms with E-state index < -0.39 is 0 Å². The zero-order valence-corrected chi connectivity index (χ0v) is 14.5. The van der Waals surface area contributed by atoms with Crippen LogP contribution in [0.1, 0.15) is 29.0 Å². The lowest BCUT2D eigenvalue weighted by Crippen LogP contribution is -2.31. The van der Waals surface area contributed by atoms with Crippen molar-refractivity contribution >= 4 is 5.91 Å². The highest BCUT2D eigenvalue weighted by molar-refractivity contribution is 5.83. The lowest BCUT2D eigenvalue weighted by molar-refractivity contribution is -0.134. The van der Waals surface area contributed by atoms with Crippen LogP contribution in [-0.4, -0.2) is 20.8 Å². The highest BCUT2D eigenvalue weighted by Crippen LogP contribution is 2.48. The molecule has 1 amide bonds. The molecule has 4 rings (SSSR count). The van der Waals surface area contributed by atoms with Gasteiger partial charge in [-0.3, -0.25) is 14.8 Å². The van der Waals surface area contributed by atoms with Crippen LogP contribution in [0.4, 0.5) is 0 Å². The van der Waals surface area contributed by atoms with Crippen LogP contribution in [0, 0.1) is 5.92 Å². The molecule has 0 unspecified atom stereocenters. The summed E-state index contributed by atoms with van der Waals surface area (Å²) in [6.45, 7) is 1.17. The summed E-state index contributed by atoms with van der Waals surface area (Å²) in [4.78, 5) is 23.4. The van der Waals surface area contributed by atoms with Gasteiger partial charge in [0.15, 0.2) is 0 Å². The predicted octanol–water partition coefficient (Wildman–Crippen LogP) is 3.81. The summed E-state index contributed by atoms with van der Waals surface area (Å²) in [6, 6.07) is 18.2. The Bertz CT molecular complexity index is 811. The SMILES string of the molecule is O=C([C@@H]1C[C@@H]1c1ccccc1)N(Cc1ccncc1)Cc1cccnc1. The van der Waals surface area contributed by atoms with Crippen molar-refractivity contribution in [2.45, 2.75) is 25.4 Å². The van der Waals surface area contributed by atoms with E-state index in [1.165, 1.54) is 5.56 Å². The molecule has 1 aliphatic rings. The molecule has 1 aromatic carbocycles. The van der Waals surface area contributed by atoms with Crippen molar-refractivity contribution in [1.29, 1.82) is 0 Å². The first-order chi connectivity index (χ1) is 12.8. The zero-order chi connectivity index (χ0) is 17.8. The minimum atomic E-state index is 0.0795. The van der Waals surface area contributed by atoms with E-state index in [2.05, 4.69) is 22.1 Å². The summed E-state index contributed by atoms with van der Waals surface area (Å²) in [7, 11) is 0. The molecule has 2 aromatic heterocycles. The molecule has 3 aromatic rings. The number of carbonyl (C=O) groups excluding carboxylic acids is 1. The van der Waals surface area contributed by atoms with Crippen LogP contribution in [0.25, 0.3) is 0 Å². The Labute approximate surface area is 153 Å². The Morgan fingerprint density at radius 1 is 0.885 bits per heavy atom. The number of rotatable bonds is 6. The molecule has 0 N–H and O–H groups in total. The van der Waals surface area contributed by atoms with Crippen molar-refractivity contribution < 1.29 is 4.79 Å². The fraction of sp³-hybridized carbons (Fsp3) is 0.227. The summed E-state index contributed by atoms with van der Waals surface area (Å²) in [6.07, 6.45) is 8.06. The second-order valence-electron chi connectivity index (χ2n) is 6.77. The summed E-state index contributed by atoms with van der Waals surface area (Å²) >= 11 is 0. The second kappa shape index (κ2) is 7.48. The minimum absolute atomic E-state index is 0.0795. The maximum absolute atomic E-state index is 13.2. The van der Waals surface area contributed by atoms with E-state index in [1.54, 1.807) is 18.6 Å². The molecular formula is C22H21N3O. The average Bonchev–Trinajstić information content (AvgIpc) is 3.50. The Morgan fingerprint density at radius 3 is 2.38 bits per heavy atom. The van der Waals surface area contributed by atoms with E-state index in [-0.39, 0.29) is 11.8 Å². The predicted molar refractivity (Wildman–Crippen MR) is 100 cm³/mol. The van der Waals surface area contributed by atoms with Crippen molar-refractivity contribution in [3.63, 3.8) is 0 Å². The van der Waals surface area contributed by atoms with Gasteiger partial charge in [-0.1, -0.05) is 36.4 Å². The Balaban J connectivity index is 1.51. The fourth-order valence-corrected chi connectivity index (χ4v) is 3.40. The lowest BCUT2D eigenvalue weighted by Gasteiger charge is -2.23. The zero-order valence-electron chi connectivity index (χ0n) is 14.5. The van der Waals surface area contributed by atoms with Gasteiger partial charge in [0.25, 0.3) is 0 Å². The number of pyridine rings is 2. The number of benzene rings is 1. The van der Waals surface area contributed by atoms with E-state index in [0.717, 1.165) is 17.5 Å². The average molecular weight is 343 g/mol. The third-order valence-corrected chi connectivity index (χ3v) is 4.87. The third kappa shape index (κ3) is 3.80. The van der Waals surface area contributed by atoms with Crippen LogP contribution in [0.2, 0.25) is 0 Å². The van der Waals surface area contributed by atoms with Gasteiger partial charge in [0.05, 0.1) is 0 Å². The van der Waals surface area contributed by atoms with Crippen LogP contribution in [0.15, 0.2) is 79.4 Å². The molecule has 130 valence electrons. The molecule has 0 bridgehead atoms. The smallest absolute Gasteiger partial charge is 0.226 e. The standard InChI is InChI=1S/C22H21N3O/c26-22(21-13-20(21)19-6-2-1-3-7-19)25(15-17-8-11-23-12-9-17)16-18-5-4-10-24-14-18/h1-12,14,20-21H,13,15-16H2/t20-,21-/m1/s1. The summed E-state index contributed by atoms with van der Waals surface area (Å²) < 4.78 is 0. The highest BCUT2D eigenvalue weighted by Gasteiger charge is 2.45. The Kier molecular flexibility index (Phi) is 4.73. The first-order valence-corrected chi connectivity index (χ1v) is 8.93. The van der Waals surface area contributed by atoms with E-state index in [0.29, 0.717) is 19.0 Å². The molecule has 1 saturated carbocycles. The van der Waals surface area contributed by atoms with Gasteiger partial charge in [-0.25, -0.2) is 0 Å². The molecule has 2 atom stereocenters. The van der Waals surface area contributed by atoms with Crippen molar-refractivity contribution in [1.82, 2.24) is 14.9 Å². The van der Waals surface area contributed by atoms with Crippen LogP contribution >= 0.6 is 0 Å². The maximum atomic E-state index is 13.2. The van der Waals surface area contributed by atoms with Crippen LogP contribution in [-0.2, 0) is 17.9 Å². The number of amides is 1. The number of hydrogen-bond acceptors (Lipinski definition) is 3. The van der Waals surface area contributed by atoms with Gasteiger partial charge in [0.2, 0.25) is 5.91 Å². The molecular weight excluding hydrogens is 322 g/mol. The van der Waals surface area contributed by atoms with Crippen molar-refractivity contribution in [3.8, 4) is 0 Å². The number of aromatic nitrogens is 2. The third-order valence-electron chi connectivity index (χ3n) is 4.87. The summed E-state index contributed by atoms with van der Waals surface area (Å²) in [5.74, 6) is 0.646. The first-order valence-electron chi connectivity index (χ1n) is 8.93. The number of carbonyl (C=O) groups is 1. The molecule has 1 aliphatic carbocycles. The maximum Gasteiger partial charge on any atom is 0.226 e. The topological polar surface area (TPSA) is 46.1 Å². The summed E-state index contributed by atoms with van der Waals surface area (Å²) in [5.41, 5.74) is 3.40. The number of hydrogen-bond donors (Lipinski definition) is 0. The van der Waals surface area contributed by atoms with Gasteiger partial charge in [-0.15, -0.1) is 0 Å². The molecule has 4 nitrogen and oxygen atoms in total. The quantitative estimate of drug-likeness (QED) is 0.684. The Hall–Kier alpha value is -3.01. The monoisotopic (exact) mass is 343 g/mol. The largest absolute Gasteiger partial charge is 0.334 e. The van der Waals surface area contributed by atoms with E-state index in [1.807, 2.05) is 53.6 Å². The van der Waals surface area contributed by atoms with E-state index >= 15 is 0 Å². The van der Waals surface area contributed by atoms with Gasteiger partial charge in [0.1, 0.15) is 0 Å². The molecule has 0 saturated heterocycles. The lowest BCUT2D eigenvalue weighted by atomic mass is 10.1. The van der Waals surface area contributed by atoms with E-state index in [9.17, 15) is 4.79 Å². The van der Waals surface area contributed by atoms with Crippen molar-refractivity contribution in [2.75, 3.05) is 0 Å². The van der Waals surface area contributed by atoms with E-state index in [4.69, 9.17) is 0 Å². The molecule has 26 heavy (non-hydrogen) atoms. The molecule has 0 spiro atoms. The van der Waals surface area contributed by atoms with Gasteiger partial charge in [0, 0.05) is 43.8 Å².